The van der Waals surface area contributed by atoms with Gasteiger partial charge in [0.25, 0.3) is 0 Å². The molecule has 1 aliphatic carbocycles. The molecule has 4 rings (SSSR count). The van der Waals surface area contributed by atoms with Crippen LogP contribution < -0.4 is 4.57 Å². The molecular weight excluding hydrogens is 337 g/mol. The van der Waals surface area contributed by atoms with E-state index < -0.39 is 0 Å². The molecule has 0 spiro atoms. The molecule has 2 aromatic heterocycles. The molecule has 0 bridgehead atoms. The Labute approximate surface area is 151 Å². The van der Waals surface area contributed by atoms with Crippen molar-refractivity contribution in [1.29, 1.82) is 5.41 Å². The number of benzene rings is 1. The van der Waals surface area contributed by atoms with E-state index in [4.69, 9.17) is 17.0 Å². The van der Waals surface area contributed by atoms with Crippen LogP contribution in [0.2, 0.25) is 5.02 Å². The van der Waals surface area contributed by atoms with Gasteiger partial charge >= 0.3 is 0 Å². The minimum absolute atomic E-state index is 0.341. The van der Waals surface area contributed by atoms with Crippen LogP contribution in [-0.2, 0) is 13.6 Å². The molecule has 1 aliphatic rings. The maximum absolute atomic E-state index is 14.7. The average Bonchev–Trinajstić information content (AvgIpc) is 3.29. The number of hydrogen-bond acceptors (Lipinski definition) is 1. The van der Waals surface area contributed by atoms with Crippen molar-refractivity contribution in [1.82, 2.24) is 4.57 Å². The highest BCUT2D eigenvalue weighted by Gasteiger charge is 2.24. The summed E-state index contributed by atoms with van der Waals surface area (Å²) in [5.41, 5.74) is 2.59. The lowest BCUT2D eigenvalue weighted by Crippen LogP contribution is -2.25. The number of nitrogens with one attached hydrogen (secondary N) is 1. The van der Waals surface area contributed by atoms with Crippen LogP contribution in [0.4, 0.5) is 4.39 Å². The number of pyridine rings is 1. The Kier molecular flexibility index (Phi) is 4.08. The van der Waals surface area contributed by atoms with Crippen LogP contribution in [0.5, 0.6) is 0 Å². The first-order valence-electron chi connectivity index (χ1n) is 8.51. The SMILES string of the molecule is C[n+]1ccc2c(ccn2Cc2c(F)cc(C(=N)CC3CC3)cc2Cl)c1. The summed E-state index contributed by atoms with van der Waals surface area (Å²) in [6.45, 7) is 0.373. The zero-order valence-electron chi connectivity index (χ0n) is 14.1. The Balaban J connectivity index is 1.64. The van der Waals surface area contributed by atoms with Crippen LogP contribution >= 0.6 is 11.6 Å². The summed E-state index contributed by atoms with van der Waals surface area (Å²) in [7, 11) is 1.97. The van der Waals surface area contributed by atoms with Crippen LogP contribution in [-0.4, -0.2) is 10.3 Å². The first-order chi connectivity index (χ1) is 12.0. The van der Waals surface area contributed by atoms with Gasteiger partial charge in [-0.15, -0.1) is 0 Å². The third-order valence-electron chi connectivity index (χ3n) is 4.86. The average molecular weight is 357 g/mol. The number of hydrogen-bond donors (Lipinski definition) is 1. The van der Waals surface area contributed by atoms with Crippen molar-refractivity contribution >= 4 is 28.2 Å². The molecule has 0 aliphatic heterocycles. The maximum Gasteiger partial charge on any atom is 0.177 e. The maximum atomic E-state index is 14.7. The molecule has 1 fully saturated rings. The lowest BCUT2D eigenvalue weighted by Gasteiger charge is -2.12. The second kappa shape index (κ2) is 6.26. The van der Waals surface area contributed by atoms with E-state index in [-0.39, 0.29) is 5.82 Å². The largest absolute Gasteiger partial charge is 0.343 e. The molecule has 3 aromatic rings. The van der Waals surface area contributed by atoms with E-state index in [9.17, 15) is 4.39 Å². The predicted octanol–water partition coefficient (Wildman–Crippen LogP) is 4.47. The molecule has 1 saturated carbocycles. The van der Waals surface area contributed by atoms with Gasteiger partial charge in [-0.25, -0.2) is 8.96 Å². The minimum atomic E-state index is -0.341. The molecule has 0 atom stereocenters. The normalized spacial score (nSPS) is 14.2. The van der Waals surface area contributed by atoms with Crippen molar-refractivity contribution in [3.63, 3.8) is 0 Å². The summed E-state index contributed by atoms with van der Waals surface area (Å²) < 4.78 is 18.7. The lowest BCUT2D eigenvalue weighted by molar-refractivity contribution is -0.670. The van der Waals surface area contributed by atoms with Crippen molar-refractivity contribution in [2.75, 3.05) is 0 Å². The van der Waals surface area contributed by atoms with Gasteiger partial charge < -0.3 is 9.98 Å². The summed E-state index contributed by atoms with van der Waals surface area (Å²) in [6.07, 6.45) is 9.02. The third-order valence-corrected chi connectivity index (χ3v) is 5.19. The van der Waals surface area contributed by atoms with Crippen LogP contribution in [0.3, 0.4) is 0 Å². The van der Waals surface area contributed by atoms with Crippen molar-refractivity contribution < 1.29 is 8.96 Å². The number of nitrogens with zero attached hydrogens (tertiary/aromatic N) is 2. The molecule has 0 radical (unpaired) electrons. The fourth-order valence-corrected chi connectivity index (χ4v) is 3.49. The Bertz CT molecular complexity index is 949. The van der Waals surface area contributed by atoms with E-state index in [1.54, 1.807) is 6.07 Å². The highest BCUT2D eigenvalue weighted by molar-refractivity contribution is 6.31. The highest BCUT2D eigenvalue weighted by Crippen LogP contribution is 2.34. The van der Waals surface area contributed by atoms with Crippen LogP contribution in [0.1, 0.15) is 30.4 Å². The van der Waals surface area contributed by atoms with E-state index in [1.165, 1.54) is 18.9 Å². The molecule has 0 amide bonds. The van der Waals surface area contributed by atoms with Crippen LogP contribution in [0.15, 0.2) is 42.9 Å². The summed E-state index contributed by atoms with van der Waals surface area (Å²) in [5, 5.41) is 9.64. The van der Waals surface area contributed by atoms with Gasteiger partial charge in [0, 0.05) is 28.6 Å². The second-order valence-corrected chi connectivity index (χ2v) is 7.35. The lowest BCUT2D eigenvalue weighted by atomic mass is 10.0. The van der Waals surface area contributed by atoms with E-state index in [0.29, 0.717) is 40.7 Å². The fraction of sp³-hybridized carbons (Fsp3) is 0.300. The number of fused-ring (bicyclic) bond motifs is 1. The van der Waals surface area contributed by atoms with Gasteiger partial charge in [0.15, 0.2) is 12.4 Å². The molecule has 5 heteroatoms. The van der Waals surface area contributed by atoms with E-state index in [0.717, 1.165) is 10.9 Å². The molecule has 3 nitrogen and oxygen atoms in total. The third kappa shape index (κ3) is 3.31. The van der Waals surface area contributed by atoms with Crippen molar-refractivity contribution in [2.24, 2.45) is 13.0 Å². The summed E-state index contributed by atoms with van der Waals surface area (Å²) >= 11 is 6.37. The smallest absolute Gasteiger partial charge is 0.177 e. The minimum Gasteiger partial charge on any atom is -0.343 e. The molecule has 1 aromatic carbocycles. The van der Waals surface area contributed by atoms with Crippen molar-refractivity contribution in [3.05, 3.63) is 64.8 Å². The van der Waals surface area contributed by atoms with Gasteiger partial charge in [-0.2, -0.15) is 0 Å². The van der Waals surface area contributed by atoms with E-state index in [2.05, 4.69) is 0 Å². The van der Waals surface area contributed by atoms with Gasteiger partial charge in [-0.1, -0.05) is 11.6 Å². The van der Waals surface area contributed by atoms with Gasteiger partial charge in [0.2, 0.25) is 0 Å². The van der Waals surface area contributed by atoms with Gasteiger partial charge in [0.1, 0.15) is 12.9 Å². The molecular formula is C20H20ClFN3+. The fourth-order valence-electron chi connectivity index (χ4n) is 3.22. The molecule has 0 saturated heterocycles. The van der Waals surface area contributed by atoms with Crippen LogP contribution in [0.25, 0.3) is 10.9 Å². The zero-order chi connectivity index (χ0) is 17.6. The Morgan fingerprint density at radius 3 is 2.88 bits per heavy atom. The second-order valence-electron chi connectivity index (χ2n) is 6.94. The van der Waals surface area contributed by atoms with E-state index in [1.807, 2.05) is 46.9 Å². The van der Waals surface area contributed by atoms with Crippen LogP contribution in [0, 0.1) is 17.1 Å². The predicted molar refractivity (Wildman–Crippen MR) is 97.8 cm³/mol. The summed E-state index contributed by atoms with van der Waals surface area (Å²) in [6, 6.07) is 7.22. The summed E-state index contributed by atoms with van der Waals surface area (Å²) in [4.78, 5) is 0. The zero-order valence-corrected chi connectivity index (χ0v) is 14.9. The van der Waals surface area contributed by atoms with Gasteiger partial charge in [0.05, 0.1) is 17.4 Å². The van der Waals surface area contributed by atoms with E-state index >= 15 is 0 Å². The highest BCUT2D eigenvalue weighted by atomic mass is 35.5. The number of aromatic nitrogens is 2. The molecule has 1 N–H and O–H groups in total. The van der Waals surface area contributed by atoms with Crippen molar-refractivity contribution in [3.8, 4) is 0 Å². The molecule has 128 valence electrons. The first kappa shape index (κ1) is 16.3. The number of halogens is 2. The number of aryl methyl sites for hydroxylation is 1. The summed E-state index contributed by atoms with van der Waals surface area (Å²) in [5.74, 6) is 0.257. The molecule has 2 heterocycles. The number of rotatable bonds is 5. The van der Waals surface area contributed by atoms with Gasteiger partial charge in [-0.3, -0.25) is 0 Å². The van der Waals surface area contributed by atoms with Gasteiger partial charge in [-0.05, 0) is 48.9 Å². The standard InChI is InChI=1S/C20H20ClFN3/c1-24-6-5-20-14(11-24)4-7-25(20)12-16-17(21)9-15(10-18(16)22)19(23)8-13-2-3-13/h4-7,9-11,13,23H,2-3,8,12H2,1H3/q+1. The topological polar surface area (TPSA) is 32.7 Å². The Hall–Kier alpha value is -2.20. The van der Waals surface area contributed by atoms with Crippen molar-refractivity contribution in [2.45, 2.75) is 25.8 Å². The Morgan fingerprint density at radius 2 is 2.16 bits per heavy atom. The monoisotopic (exact) mass is 356 g/mol. The molecule has 25 heavy (non-hydrogen) atoms. The first-order valence-corrected chi connectivity index (χ1v) is 8.89. The quantitative estimate of drug-likeness (QED) is 0.516. The molecule has 0 unspecified atom stereocenters. The Morgan fingerprint density at radius 1 is 1.36 bits per heavy atom.